The normalized spacial score (nSPS) is 17.1. The second-order valence-corrected chi connectivity index (χ2v) is 8.75. The number of hydrogen-bond donors (Lipinski definition) is 3. The summed E-state index contributed by atoms with van der Waals surface area (Å²) in [5, 5.41) is 5.38. The molecule has 0 aromatic heterocycles. The third-order valence-electron chi connectivity index (χ3n) is 4.61. The van der Waals surface area contributed by atoms with Crippen LogP contribution in [0.25, 0.3) is 0 Å². The number of rotatable bonds is 8. The fourth-order valence-corrected chi connectivity index (χ4v) is 4.51. The van der Waals surface area contributed by atoms with E-state index < -0.39 is 21.9 Å². The van der Waals surface area contributed by atoms with Gasteiger partial charge in [0, 0.05) is 6.54 Å². The van der Waals surface area contributed by atoms with Crippen molar-refractivity contribution in [3.05, 3.63) is 30.1 Å². The summed E-state index contributed by atoms with van der Waals surface area (Å²) in [6.07, 6.45) is 0.816. The molecule has 0 spiro atoms. The Morgan fingerprint density at radius 1 is 1.25 bits per heavy atom. The number of benzene rings is 1. The molecule has 1 fully saturated rings. The predicted molar refractivity (Wildman–Crippen MR) is 102 cm³/mol. The van der Waals surface area contributed by atoms with Crippen LogP contribution < -0.4 is 15.5 Å². The molecule has 156 valence electrons. The van der Waals surface area contributed by atoms with Crippen molar-refractivity contribution in [3.63, 3.8) is 0 Å². The van der Waals surface area contributed by atoms with E-state index in [-0.39, 0.29) is 36.3 Å². The average Bonchev–Trinajstić information content (AvgIpc) is 2.66. The fraction of sp³-hybridized carbons (Fsp3) is 0.556. The number of piperazine rings is 1. The first-order valence-electron chi connectivity index (χ1n) is 9.41. The van der Waals surface area contributed by atoms with Gasteiger partial charge in [0.15, 0.2) is 6.54 Å². The van der Waals surface area contributed by atoms with E-state index in [1.165, 1.54) is 22.5 Å². The highest BCUT2D eigenvalue weighted by Crippen LogP contribution is 2.18. The third kappa shape index (κ3) is 5.73. The van der Waals surface area contributed by atoms with Gasteiger partial charge in [-0.15, -0.1) is 0 Å². The topological polar surface area (TPSA) is 100 Å². The summed E-state index contributed by atoms with van der Waals surface area (Å²) in [5.41, 5.74) is 0. The lowest BCUT2D eigenvalue weighted by Gasteiger charge is -2.31. The Morgan fingerprint density at radius 3 is 2.50 bits per heavy atom. The van der Waals surface area contributed by atoms with Crippen molar-refractivity contribution in [2.45, 2.75) is 31.2 Å². The number of carbonyl (C=O) groups is 2. The SMILES string of the molecule is CCCNC(=O)[C@H](C)NC(=O)C[NH+]1CCN(S(=O)(=O)c2ccccc2F)CC1. The molecule has 1 aromatic rings. The van der Waals surface area contributed by atoms with Gasteiger partial charge in [-0.2, -0.15) is 4.31 Å². The quantitative estimate of drug-likeness (QED) is 0.494. The maximum atomic E-state index is 13.9. The van der Waals surface area contributed by atoms with E-state index in [2.05, 4.69) is 10.6 Å². The van der Waals surface area contributed by atoms with E-state index in [4.69, 9.17) is 0 Å². The van der Waals surface area contributed by atoms with E-state index in [1.807, 2.05) is 6.92 Å². The Labute approximate surface area is 165 Å². The lowest BCUT2D eigenvalue weighted by molar-refractivity contribution is -0.895. The second kappa shape index (κ2) is 9.94. The molecule has 0 bridgehead atoms. The van der Waals surface area contributed by atoms with Gasteiger partial charge < -0.3 is 15.5 Å². The molecular formula is C18H28FN4O4S+. The molecule has 3 N–H and O–H groups in total. The predicted octanol–water partition coefficient (Wildman–Crippen LogP) is -1.25. The van der Waals surface area contributed by atoms with Gasteiger partial charge in [-0.3, -0.25) is 9.59 Å². The Kier molecular flexibility index (Phi) is 7.90. The van der Waals surface area contributed by atoms with Crippen LogP contribution in [0.1, 0.15) is 20.3 Å². The van der Waals surface area contributed by atoms with Crippen LogP contribution in [0, 0.1) is 5.82 Å². The summed E-state index contributed by atoms with van der Waals surface area (Å²) < 4.78 is 40.3. The second-order valence-electron chi connectivity index (χ2n) is 6.84. The Hall–Kier alpha value is -2.04. The molecule has 1 saturated heterocycles. The van der Waals surface area contributed by atoms with Gasteiger partial charge in [0.25, 0.3) is 5.91 Å². The van der Waals surface area contributed by atoms with E-state index in [0.717, 1.165) is 17.4 Å². The molecular weight excluding hydrogens is 387 g/mol. The molecule has 0 unspecified atom stereocenters. The summed E-state index contributed by atoms with van der Waals surface area (Å²) in [4.78, 5) is 24.5. The lowest BCUT2D eigenvalue weighted by Crippen LogP contribution is -3.15. The van der Waals surface area contributed by atoms with Gasteiger partial charge in [-0.1, -0.05) is 19.1 Å². The van der Waals surface area contributed by atoms with Crippen LogP contribution >= 0.6 is 0 Å². The van der Waals surface area contributed by atoms with Crippen molar-refractivity contribution in [1.82, 2.24) is 14.9 Å². The first kappa shape index (κ1) is 22.3. The maximum Gasteiger partial charge on any atom is 0.275 e. The molecule has 2 rings (SSSR count). The van der Waals surface area contributed by atoms with Gasteiger partial charge in [-0.05, 0) is 25.5 Å². The first-order valence-corrected chi connectivity index (χ1v) is 10.8. The minimum absolute atomic E-state index is 0.152. The maximum absolute atomic E-state index is 13.9. The molecule has 1 atom stereocenters. The minimum atomic E-state index is -3.89. The zero-order valence-electron chi connectivity index (χ0n) is 16.2. The van der Waals surface area contributed by atoms with Crippen LogP contribution in [0.2, 0.25) is 0 Å². The van der Waals surface area contributed by atoms with Crippen LogP contribution in [-0.4, -0.2) is 69.8 Å². The van der Waals surface area contributed by atoms with Crippen LogP contribution in [0.5, 0.6) is 0 Å². The van der Waals surface area contributed by atoms with Crippen LogP contribution in [0.15, 0.2) is 29.2 Å². The number of nitrogens with one attached hydrogen (secondary N) is 3. The molecule has 28 heavy (non-hydrogen) atoms. The number of hydrogen-bond acceptors (Lipinski definition) is 4. The zero-order valence-corrected chi connectivity index (χ0v) is 17.0. The summed E-state index contributed by atoms with van der Waals surface area (Å²) in [6, 6.07) is 4.68. The molecule has 0 saturated carbocycles. The number of amides is 2. The zero-order chi connectivity index (χ0) is 20.7. The molecule has 0 aliphatic carbocycles. The average molecular weight is 416 g/mol. The van der Waals surface area contributed by atoms with Crippen LogP contribution in [0.4, 0.5) is 4.39 Å². The van der Waals surface area contributed by atoms with Crippen molar-refractivity contribution >= 4 is 21.8 Å². The van der Waals surface area contributed by atoms with Crippen molar-refractivity contribution in [3.8, 4) is 0 Å². The molecule has 8 nitrogen and oxygen atoms in total. The molecule has 1 aromatic carbocycles. The first-order chi connectivity index (χ1) is 13.3. The third-order valence-corrected chi connectivity index (χ3v) is 6.55. The van der Waals surface area contributed by atoms with Gasteiger partial charge in [0.05, 0.1) is 26.2 Å². The van der Waals surface area contributed by atoms with E-state index >= 15 is 0 Å². The number of carbonyl (C=O) groups excluding carboxylic acids is 2. The molecule has 1 aliphatic rings. The molecule has 0 radical (unpaired) electrons. The van der Waals surface area contributed by atoms with Gasteiger partial charge in [0.2, 0.25) is 15.9 Å². The van der Waals surface area contributed by atoms with Crippen molar-refractivity contribution in [2.24, 2.45) is 0 Å². The van der Waals surface area contributed by atoms with Crippen LogP contribution in [0.3, 0.4) is 0 Å². The van der Waals surface area contributed by atoms with Crippen molar-refractivity contribution < 1.29 is 27.3 Å². The van der Waals surface area contributed by atoms with Crippen molar-refractivity contribution in [1.29, 1.82) is 0 Å². The summed E-state index contributed by atoms with van der Waals surface area (Å²) in [5.74, 6) is -1.27. The highest BCUT2D eigenvalue weighted by atomic mass is 32.2. The van der Waals surface area contributed by atoms with E-state index in [9.17, 15) is 22.4 Å². The van der Waals surface area contributed by atoms with Gasteiger partial charge in [-0.25, -0.2) is 12.8 Å². The lowest BCUT2D eigenvalue weighted by atomic mass is 10.3. The number of quaternary nitrogens is 1. The van der Waals surface area contributed by atoms with E-state index in [0.29, 0.717) is 19.6 Å². The number of sulfonamides is 1. The highest BCUT2D eigenvalue weighted by molar-refractivity contribution is 7.89. The summed E-state index contributed by atoms with van der Waals surface area (Å²) in [7, 11) is -3.89. The number of halogens is 1. The molecule has 1 aliphatic heterocycles. The number of nitrogens with zero attached hydrogens (tertiary/aromatic N) is 1. The molecule has 10 heteroatoms. The van der Waals surface area contributed by atoms with Gasteiger partial charge >= 0.3 is 0 Å². The summed E-state index contributed by atoms with van der Waals surface area (Å²) in [6.45, 7) is 5.53. The van der Waals surface area contributed by atoms with E-state index in [1.54, 1.807) is 6.92 Å². The fourth-order valence-electron chi connectivity index (χ4n) is 3.00. The summed E-state index contributed by atoms with van der Waals surface area (Å²) >= 11 is 0. The van der Waals surface area contributed by atoms with Gasteiger partial charge in [0.1, 0.15) is 16.8 Å². The highest BCUT2D eigenvalue weighted by Gasteiger charge is 2.32. The monoisotopic (exact) mass is 415 g/mol. The molecule has 2 amide bonds. The Morgan fingerprint density at radius 2 is 1.89 bits per heavy atom. The molecule has 1 heterocycles. The standard InChI is InChI=1S/C18H27FN4O4S/c1-3-8-20-18(25)14(2)21-17(24)13-22-9-11-23(12-10-22)28(26,27)16-7-5-4-6-15(16)19/h4-7,14H,3,8-13H2,1-2H3,(H,20,25)(H,21,24)/p+1/t14-/m0/s1. The Bertz CT molecular complexity index is 795. The largest absolute Gasteiger partial charge is 0.354 e. The van der Waals surface area contributed by atoms with Crippen LogP contribution in [-0.2, 0) is 19.6 Å². The Balaban J connectivity index is 1.84. The van der Waals surface area contributed by atoms with Crippen molar-refractivity contribution in [2.75, 3.05) is 39.3 Å². The minimum Gasteiger partial charge on any atom is -0.354 e. The smallest absolute Gasteiger partial charge is 0.275 e.